The van der Waals surface area contributed by atoms with Crippen molar-refractivity contribution in [1.82, 2.24) is 0 Å². The highest BCUT2D eigenvalue weighted by Crippen LogP contribution is 2.58. The Bertz CT molecular complexity index is 1290. The van der Waals surface area contributed by atoms with Crippen molar-refractivity contribution in [3.8, 4) is 0 Å². The highest BCUT2D eigenvalue weighted by molar-refractivity contribution is 8.00. The number of rotatable bonds is 5. The largest absolute Gasteiger partial charge is 0.478 e. The minimum absolute atomic E-state index is 0.0172. The van der Waals surface area contributed by atoms with Gasteiger partial charge in [0.1, 0.15) is 5.82 Å². The third-order valence-electron chi connectivity index (χ3n) is 6.66. The summed E-state index contributed by atoms with van der Waals surface area (Å²) in [7, 11) is 0. The molecule has 1 aliphatic carbocycles. The van der Waals surface area contributed by atoms with Gasteiger partial charge in [0.25, 0.3) is 5.69 Å². The van der Waals surface area contributed by atoms with Crippen LogP contribution in [0.1, 0.15) is 39.9 Å². The summed E-state index contributed by atoms with van der Waals surface area (Å²) in [5.74, 6) is -1.83. The van der Waals surface area contributed by atoms with E-state index in [9.17, 15) is 24.4 Å². The zero-order valence-corrected chi connectivity index (χ0v) is 19.3. The van der Waals surface area contributed by atoms with Gasteiger partial charge in [-0.15, -0.1) is 23.4 Å². The number of fused-ring (bicyclic) bond motifs is 3. The van der Waals surface area contributed by atoms with E-state index in [1.807, 2.05) is 6.07 Å². The number of nitro benzene ring substituents is 1. The molecule has 6 nitrogen and oxygen atoms in total. The van der Waals surface area contributed by atoms with Crippen molar-refractivity contribution in [2.75, 3.05) is 5.32 Å². The van der Waals surface area contributed by atoms with Crippen LogP contribution in [0.5, 0.6) is 0 Å². The van der Waals surface area contributed by atoms with E-state index in [0.717, 1.165) is 5.56 Å². The first-order valence-corrected chi connectivity index (χ1v) is 12.1. The average molecular weight is 499 g/mol. The number of benzene rings is 3. The molecule has 3 aromatic rings. The van der Waals surface area contributed by atoms with Crippen molar-refractivity contribution in [3.05, 3.63) is 99.4 Å². The predicted molar refractivity (Wildman–Crippen MR) is 129 cm³/mol. The van der Waals surface area contributed by atoms with E-state index >= 15 is 0 Å². The van der Waals surface area contributed by atoms with Crippen LogP contribution in [0.3, 0.4) is 0 Å². The van der Waals surface area contributed by atoms with Crippen molar-refractivity contribution in [2.24, 2.45) is 5.92 Å². The van der Waals surface area contributed by atoms with Crippen molar-refractivity contribution in [1.29, 1.82) is 0 Å². The second kappa shape index (κ2) is 8.92. The van der Waals surface area contributed by atoms with Crippen molar-refractivity contribution in [2.45, 2.75) is 33.9 Å². The molecule has 1 fully saturated rings. The second-order valence-electron chi connectivity index (χ2n) is 8.47. The molecule has 9 heteroatoms. The Morgan fingerprint density at radius 2 is 1.79 bits per heavy atom. The molecule has 0 bridgehead atoms. The fraction of sp³-hybridized carbons (Fsp3) is 0.240. The topological polar surface area (TPSA) is 92.5 Å². The van der Waals surface area contributed by atoms with Gasteiger partial charge in [-0.3, -0.25) is 10.1 Å². The fourth-order valence-corrected chi connectivity index (χ4v) is 7.17. The van der Waals surface area contributed by atoms with E-state index in [2.05, 4.69) is 5.32 Å². The Balaban J connectivity index is 1.59. The van der Waals surface area contributed by atoms with Gasteiger partial charge < -0.3 is 10.4 Å². The molecule has 0 amide bonds. The van der Waals surface area contributed by atoms with Gasteiger partial charge in [-0.05, 0) is 36.1 Å². The van der Waals surface area contributed by atoms with E-state index in [1.54, 1.807) is 42.5 Å². The summed E-state index contributed by atoms with van der Waals surface area (Å²) in [6.45, 7) is 0. The third kappa shape index (κ3) is 3.80. The summed E-state index contributed by atoms with van der Waals surface area (Å²) in [6, 6.07) is 17.6. The lowest BCUT2D eigenvalue weighted by Gasteiger charge is -2.39. The first-order valence-electron chi connectivity index (χ1n) is 10.8. The maximum atomic E-state index is 14.9. The van der Waals surface area contributed by atoms with Gasteiger partial charge in [0.15, 0.2) is 0 Å². The predicted octanol–water partition coefficient (Wildman–Crippen LogP) is 6.47. The van der Waals surface area contributed by atoms with Crippen LogP contribution >= 0.6 is 23.4 Å². The molecule has 1 heterocycles. The number of aromatic carboxylic acids is 1. The van der Waals surface area contributed by atoms with E-state index in [1.165, 1.54) is 30.0 Å². The normalized spacial score (nSPS) is 25.2. The van der Waals surface area contributed by atoms with Gasteiger partial charge in [0, 0.05) is 22.8 Å². The number of alkyl halides is 1. The molecule has 0 spiro atoms. The molecule has 34 heavy (non-hydrogen) atoms. The molecule has 1 saturated carbocycles. The van der Waals surface area contributed by atoms with Gasteiger partial charge in [0.2, 0.25) is 0 Å². The molecule has 2 aliphatic rings. The summed E-state index contributed by atoms with van der Waals surface area (Å²) < 4.78 is 14.9. The molecule has 0 saturated heterocycles. The molecule has 5 unspecified atom stereocenters. The number of halogens is 2. The number of carbonyl (C=O) groups is 1. The number of hydrogen-bond donors (Lipinski definition) is 2. The zero-order chi connectivity index (χ0) is 24.0. The fourth-order valence-electron chi connectivity index (χ4n) is 5.23. The quantitative estimate of drug-likeness (QED) is 0.238. The van der Waals surface area contributed by atoms with Gasteiger partial charge in [-0.2, -0.15) is 0 Å². The lowest BCUT2D eigenvalue weighted by Crippen LogP contribution is -2.32. The standard InChI is InChI=1S/C25H20ClFN2O4S/c26-22-20(34-19-11-4-3-10-18(19)29(32)33)12-16-21(22)14-7-5-8-15(25(30)31)24(14)28-23(16)13-6-1-2-9-17(13)27/h1-11,16,20-23,28H,12H2,(H,30,31). The van der Waals surface area contributed by atoms with E-state index in [0.29, 0.717) is 22.6 Å². The summed E-state index contributed by atoms with van der Waals surface area (Å²) in [5.41, 5.74) is 1.80. The minimum atomic E-state index is -1.08. The van der Waals surface area contributed by atoms with Crippen LogP contribution < -0.4 is 5.32 Å². The molecular formula is C25H20ClFN2O4S. The highest BCUT2D eigenvalue weighted by atomic mass is 35.5. The number of nitro groups is 1. The summed E-state index contributed by atoms with van der Waals surface area (Å²) >= 11 is 8.38. The number of carboxylic acids is 1. The number of thioether (sulfide) groups is 1. The second-order valence-corrected chi connectivity index (χ2v) is 10.3. The molecule has 0 radical (unpaired) electrons. The van der Waals surface area contributed by atoms with Gasteiger partial charge >= 0.3 is 5.97 Å². The third-order valence-corrected chi connectivity index (χ3v) is 8.77. The first-order chi connectivity index (χ1) is 16.4. The first kappa shape index (κ1) is 22.7. The molecule has 0 aromatic heterocycles. The number of carboxylic acid groups (broad SMARTS) is 1. The van der Waals surface area contributed by atoms with Crippen LogP contribution in [0.15, 0.2) is 71.6 Å². The van der Waals surface area contributed by atoms with Crippen LogP contribution in [0.2, 0.25) is 0 Å². The molecule has 2 N–H and O–H groups in total. The maximum absolute atomic E-state index is 14.9. The van der Waals surface area contributed by atoms with E-state index in [4.69, 9.17) is 11.6 Å². The maximum Gasteiger partial charge on any atom is 0.337 e. The summed E-state index contributed by atoms with van der Waals surface area (Å²) in [6.07, 6.45) is 0.582. The monoisotopic (exact) mass is 498 g/mol. The van der Waals surface area contributed by atoms with Crippen LogP contribution in [0.25, 0.3) is 0 Å². The van der Waals surface area contributed by atoms with Gasteiger partial charge in [-0.25, -0.2) is 9.18 Å². The summed E-state index contributed by atoms with van der Waals surface area (Å²) in [5, 5.41) is 24.0. The molecular weight excluding hydrogens is 479 g/mol. The van der Waals surface area contributed by atoms with Gasteiger partial charge in [-0.1, -0.05) is 42.5 Å². The number of nitrogens with zero attached hydrogens (tertiary/aromatic N) is 1. The molecule has 1 aliphatic heterocycles. The van der Waals surface area contributed by atoms with Crippen molar-refractivity contribution in [3.63, 3.8) is 0 Å². The SMILES string of the molecule is O=C(O)c1cccc2c1NC(c1ccccc1F)C1CC(Sc3ccccc3[N+](=O)[O-])C(Cl)C21. The number of nitrogens with one attached hydrogen (secondary N) is 1. The molecule has 5 rings (SSSR count). The smallest absolute Gasteiger partial charge is 0.337 e. The average Bonchev–Trinajstić information content (AvgIpc) is 3.15. The van der Waals surface area contributed by atoms with E-state index in [-0.39, 0.29) is 34.2 Å². The Morgan fingerprint density at radius 1 is 1.09 bits per heavy atom. The number of para-hydroxylation sites is 2. The Labute approximate surface area is 204 Å². The summed E-state index contributed by atoms with van der Waals surface area (Å²) in [4.78, 5) is 23.6. The van der Waals surface area contributed by atoms with Gasteiger partial charge in [0.05, 0.1) is 32.5 Å². The Kier molecular flexibility index (Phi) is 5.95. The van der Waals surface area contributed by atoms with Crippen LogP contribution in [-0.4, -0.2) is 26.6 Å². The lowest BCUT2D eigenvalue weighted by atomic mass is 9.76. The Hall–Kier alpha value is -3.10. The van der Waals surface area contributed by atoms with Crippen LogP contribution in [0, 0.1) is 21.8 Å². The lowest BCUT2D eigenvalue weighted by molar-refractivity contribution is -0.387. The number of hydrogen-bond acceptors (Lipinski definition) is 5. The van der Waals surface area contributed by atoms with Crippen LogP contribution in [-0.2, 0) is 0 Å². The molecule has 3 aromatic carbocycles. The van der Waals surface area contributed by atoms with E-state index < -0.39 is 22.3 Å². The molecule has 5 atom stereocenters. The molecule has 174 valence electrons. The van der Waals surface area contributed by atoms with Crippen molar-refractivity contribution < 1.29 is 19.2 Å². The van der Waals surface area contributed by atoms with Crippen LogP contribution in [0.4, 0.5) is 15.8 Å². The Morgan fingerprint density at radius 3 is 2.53 bits per heavy atom. The van der Waals surface area contributed by atoms with Crippen molar-refractivity contribution >= 4 is 40.7 Å². The number of anilines is 1. The zero-order valence-electron chi connectivity index (χ0n) is 17.7. The minimum Gasteiger partial charge on any atom is -0.478 e. The highest BCUT2D eigenvalue weighted by Gasteiger charge is 2.51.